The van der Waals surface area contributed by atoms with Crippen molar-refractivity contribution in [3.05, 3.63) is 35.9 Å². The third kappa shape index (κ3) is 4.23. The Morgan fingerprint density at radius 1 is 1.35 bits per heavy atom. The monoisotopic (exact) mass is 285 g/mol. The molecule has 1 atom stereocenters. The topological polar surface area (TPSA) is 32.7 Å². The first-order chi connectivity index (χ1) is 9.53. The fourth-order valence-electron chi connectivity index (χ4n) is 2.20. The second-order valence-electron chi connectivity index (χ2n) is 5.19. The molecule has 0 aromatic heterocycles. The number of aliphatic hydroxyl groups is 1. The molecule has 1 N–H and O–H groups in total. The maximum Gasteiger partial charge on any atom is 0.310 e. The van der Waals surface area contributed by atoms with E-state index in [1.807, 2.05) is 30.3 Å². The van der Waals surface area contributed by atoms with Gasteiger partial charge in [0.1, 0.15) is 0 Å². The predicted molar refractivity (Wildman–Crippen MR) is 72.5 cm³/mol. The molecule has 1 fully saturated rings. The number of benzene rings is 1. The molecule has 1 unspecified atom stereocenters. The highest BCUT2D eigenvalue weighted by Crippen LogP contribution is 2.32. The summed E-state index contributed by atoms with van der Waals surface area (Å²) in [5.41, 5.74) is 1.00. The zero-order chi connectivity index (χ0) is 14.6. The second kappa shape index (κ2) is 6.61. The second-order valence-corrected chi connectivity index (χ2v) is 5.19. The van der Waals surface area contributed by atoms with Crippen LogP contribution in [0.3, 0.4) is 0 Å². The summed E-state index contributed by atoms with van der Waals surface area (Å²) in [4.78, 5) is 1.73. The van der Waals surface area contributed by atoms with E-state index in [1.54, 1.807) is 11.8 Å². The molecule has 112 valence electrons. The minimum Gasteiger partial charge on any atom is -0.363 e. The van der Waals surface area contributed by atoms with Crippen molar-refractivity contribution in [2.24, 2.45) is 0 Å². The van der Waals surface area contributed by atoms with E-state index in [2.05, 4.69) is 4.74 Å². The highest BCUT2D eigenvalue weighted by molar-refractivity contribution is 5.15. The van der Waals surface area contributed by atoms with Gasteiger partial charge in [-0.3, -0.25) is 4.90 Å². The normalized spacial score (nSPS) is 17.4. The molecule has 1 aromatic rings. The van der Waals surface area contributed by atoms with Gasteiger partial charge in [-0.2, -0.15) is 8.78 Å². The Balaban J connectivity index is 1.99. The molecule has 0 spiro atoms. The van der Waals surface area contributed by atoms with Crippen LogP contribution in [-0.2, 0) is 11.3 Å². The highest BCUT2D eigenvalue weighted by Gasteiger charge is 2.44. The van der Waals surface area contributed by atoms with Crippen molar-refractivity contribution in [3.63, 3.8) is 0 Å². The van der Waals surface area contributed by atoms with Gasteiger partial charge >= 0.3 is 5.92 Å². The van der Waals surface area contributed by atoms with Crippen molar-refractivity contribution in [1.82, 2.24) is 4.90 Å². The summed E-state index contributed by atoms with van der Waals surface area (Å²) in [6.07, 6.45) is -0.161. The summed E-state index contributed by atoms with van der Waals surface area (Å²) in [7, 11) is 0. The fraction of sp³-hybridized carbons (Fsp3) is 0.600. The molecule has 0 amide bonds. The van der Waals surface area contributed by atoms with Crippen LogP contribution in [0, 0.1) is 0 Å². The van der Waals surface area contributed by atoms with Gasteiger partial charge in [0.25, 0.3) is 0 Å². The smallest absolute Gasteiger partial charge is 0.310 e. The first kappa shape index (κ1) is 15.4. The summed E-state index contributed by atoms with van der Waals surface area (Å²) in [5.74, 6) is -3.26. The highest BCUT2D eigenvalue weighted by atomic mass is 19.3. The lowest BCUT2D eigenvalue weighted by molar-refractivity contribution is -0.238. The third-order valence-electron chi connectivity index (χ3n) is 3.39. The quantitative estimate of drug-likeness (QED) is 0.745. The minimum atomic E-state index is -3.26. The van der Waals surface area contributed by atoms with Crippen molar-refractivity contribution >= 4 is 0 Å². The van der Waals surface area contributed by atoms with Gasteiger partial charge in [0.2, 0.25) is 6.29 Å². The number of hydrogen-bond acceptors (Lipinski definition) is 3. The maximum atomic E-state index is 13.9. The molecule has 0 heterocycles. The lowest BCUT2D eigenvalue weighted by Crippen LogP contribution is -2.46. The van der Waals surface area contributed by atoms with Crippen LogP contribution >= 0.6 is 0 Å². The number of alkyl halides is 2. The van der Waals surface area contributed by atoms with E-state index in [9.17, 15) is 13.9 Å². The molecule has 0 bridgehead atoms. The van der Waals surface area contributed by atoms with Gasteiger partial charge in [-0.15, -0.1) is 0 Å². The molecule has 1 aliphatic rings. The Labute approximate surface area is 118 Å². The summed E-state index contributed by atoms with van der Waals surface area (Å²) >= 11 is 0. The first-order valence-corrected chi connectivity index (χ1v) is 6.98. The van der Waals surface area contributed by atoms with Gasteiger partial charge < -0.3 is 9.84 Å². The van der Waals surface area contributed by atoms with E-state index in [-0.39, 0.29) is 12.6 Å². The maximum absolute atomic E-state index is 13.9. The largest absolute Gasteiger partial charge is 0.363 e. The Bertz CT molecular complexity index is 410. The molecule has 20 heavy (non-hydrogen) atoms. The standard InChI is InChI=1S/C15H21F2NO2/c1-2-20-14(19)15(16,17)11-18(13-8-9-13)10-12-6-4-3-5-7-12/h3-7,13-14,19H,2,8-11H2,1H3. The van der Waals surface area contributed by atoms with E-state index in [4.69, 9.17) is 0 Å². The number of nitrogens with zero attached hydrogens (tertiary/aromatic N) is 1. The van der Waals surface area contributed by atoms with E-state index in [0.29, 0.717) is 6.54 Å². The number of aliphatic hydroxyl groups excluding tert-OH is 1. The van der Waals surface area contributed by atoms with E-state index in [1.165, 1.54) is 0 Å². The van der Waals surface area contributed by atoms with Crippen LogP contribution in [0.4, 0.5) is 8.78 Å². The number of ether oxygens (including phenoxy) is 1. The summed E-state index contributed by atoms with van der Waals surface area (Å²) in [6, 6.07) is 9.73. The molecule has 1 aromatic carbocycles. The van der Waals surface area contributed by atoms with Crippen LogP contribution in [-0.4, -0.2) is 41.4 Å². The molecule has 3 nitrogen and oxygen atoms in total. The van der Waals surface area contributed by atoms with Crippen LogP contribution in [0.25, 0.3) is 0 Å². The van der Waals surface area contributed by atoms with Crippen LogP contribution in [0.15, 0.2) is 30.3 Å². The number of rotatable bonds is 8. The Morgan fingerprint density at radius 3 is 2.55 bits per heavy atom. The molecule has 0 saturated heterocycles. The molecular formula is C15H21F2NO2. The van der Waals surface area contributed by atoms with Crippen molar-refractivity contribution in [3.8, 4) is 0 Å². The van der Waals surface area contributed by atoms with E-state index < -0.39 is 18.8 Å². The van der Waals surface area contributed by atoms with Crippen molar-refractivity contribution in [2.45, 2.75) is 44.6 Å². The van der Waals surface area contributed by atoms with Gasteiger partial charge in [-0.25, -0.2) is 0 Å². The Morgan fingerprint density at radius 2 is 2.00 bits per heavy atom. The molecule has 0 aliphatic heterocycles. The first-order valence-electron chi connectivity index (χ1n) is 6.98. The predicted octanol–water partition coefficient (Wildman–Crippen LogP) is 2.64. The number of hydrogen-bond donors (Lipinski definition) is 1. The zero-order valence-corrected chi connectivity index (χ0v) is 11.6. The Hall–Kier alpha value is -1.04. The molecule has 5 heteroatoms. The third-order valence-corrected chi connectivity index (χ3v) is 3.39. The van der Waals surface area contributed by atoms with E-state index >= 15 is 0 Å². The summed E-state index contributed by atoms with van der Waals surface area (Å²) < 4.78 is 32.5. The Kier molecular flexibility index (Phi) is 5.07. The van der Waals surface area contributed by atoms with Crippen LogP contribution < -0.4 is 0 Å². The van der Waals surface area contributed by atoms with Gasteiger partial charge in [-0.05, 0) is 25.3 Å². The number of halogens is 2. The van der Waals surface area contributed by atoms with Crippen LogP contribution in [0.1, 0.15) is 25.3 Å². The molecule has 2 rings (SSSR count). The van der Waals surface area contributed by atoms with Crippen molar-refractivity contribution < 1.29 is 18.6 Å². The van der Waals surface area contributed by atoms with Crippen molar-refractivity contribution in [1.29, 1.82) is 0 Å². The molecule has 0 radical (unpaired) electrons. The lowest BCUT2D eigenvalue weighted by Gasteiger charge is -2.29. The SMILES string of the molecule is CCOC(O)C(F)(F)CN(Cc1ccccc1)C1CC1. The van der Waals surface area contributed by atoms with Gasteiger partial charge in [0, 0.05) is 19.2 Å². The average molecular weight is 285 g/mol. The van der Waals surface area contributed by atoms with Crippen molar-refractivity contribution in [2.75, 3.05) is 13.2 Å². The summed E-state index contributed by atoms with van der Waals surface area (Å²) in [6.45, 7) is 1.65. The van der Waals surface area contributed by atoms with Gasteiger partial charge in [-0.1, -0.05) is 30.3 Å². The summed E-state index contributed by atoms with van der Waals surface area (Å²) in [5, 5.41) is 9.40. The zero-order valence-electron chi connectivity index (χ0n) is 11.6. The van der Waals surface area contributed by atoms with Crippen LogP contribution in [0.2, 0.25) is 0 Å². The minimum absolute atomic E-state index is 0.0683. The average Bonchev–Trinajstić information content (AvgIpc) is 3.23. The fourth-order valence-corrected chi connectivity index (χ4v) is 2.20. The lowest BCUT2D eigenvalue weighted by atomic mass is 10.2. The molecule has 1 aliphatic carbocycles. The van der Waals surface area contributed by atoms with Gasteiger partial charge in [0.15, 0.2) is 0 Å². The van der Waals surface area contributed by atoms with Gasteiger partial charge in [0.05, 0.1) is 6.54 Å². The van der Waals surface area contributed by atoms with E-state index in [0.717, 1.165) is 18.4 Å². The molecule has 1 saturated carbocycles. The van der Waals surface area contributed by atoms with Crippen LogP contribution in [0.5, 0.6) is 0 Å². The molecular weight excluding hydrogens is 264 g/mol.